The first-order valence-corrected chi connectivity index (χ1v) is 12.5. The van der Waals surface area contributed by atoms with Gasteiger partial charge in [-0.1, -0.05) is 29.8 Å². The molecular weight excluding hydrogens is 526 g/mol. The first-order valence-electron chi connectivity index (χ1n) is 12.1. The van der Waals surface area contributed by atoms with Crippen LogP contribution in [-0.4, -0.2) is 22.0 Å². The third-order valence-corrected chi connectivity index (χ3v) is 6.78. The number of alkyl halides is 3. The normalized spacial score (nSPS) is 17.8. The van der Waals surface area contributed by atoms with Gasteiger partial charge in [-0.15, -0.1) is 0 Å². The van der Waals surface area contributed by atoms with Crippen molar-refractivity contribution >= 4 is 17.5 Å². The molecule has 2 N–H and O–H groups in total. The smallest absolute Gasteiger partial charge is 0.374 e. The number of aryl methyl sites for hydroxylation is 1. The summed E-state index contributed by atoms with van der Waals surface area (Å²) in [5.41, 5.74) is -1.84. The molecule has 6 nitrogen and oxygen atoms in total. The van der Waals surface area contributed by atoms with E-state index in [1.54, 1.807) is 12.1 Å². The molecule has 1 aliphatic rings. The van der Waals surface area contributed by atoms with Gasteiger partial charge in [0.25, 0.3) is 5.56 Å². The van der Waals surface area contributed by atoms with Crippen molar-refractivity contribution in [1.29, 1.82) is 0 Å². The van der Waals surface area contributed by atoms with E-state index in [0.717, 1.165) is 23.8 Å². The fourth-order valence-electron chi connectivity index (χ4n) is 4.53. The summed E-state index contributed by atoms with van der Waals surface area (Å²) in [6.45, 7) is 1.56. The Morgan fingerprint density at radius 1 is 1.13 bits per heavy atom. The van der Waals surface area contributed by atoms with Crippen molar-refractivity contribution in [3.63, 3.8) is 0 Å². The fourth-order valence-corrected chi connectivity index (χ4v) is 4.66. The van der Waals surface area contributed by atoms with E-state index in [2.05, 4.69) is 15.3 Å². The molecule has 2 aromatic carbocycles. The maximum absolute atomic E-state index is 15.4. The summed E-state index contributed by atoms with van der Waals surface area (Å²) in [6.07, 6.45) is -2.37. The van der Waals surface area contributed by atoms with Crippen LogP contribution in [0, 0.1) is 18.7 Å². The van der Waals surface area contributed by atoms with Gasteiger partial charge in [0.15, 0.2) is 0 Å². The zero-order valence-electron chi connectivity index (χ0n) is 20.5. The molecule has 0 atom stereocenters. The minimum atomic E-state index is -4.88. The molecule has 1 aromatic heterocycles. The molecule has 0 aliphatic heterocycles. The zero-order valence-corrected chi connectivity index (χ0v) is 21.3. The number of carbonyl (C=O) groups excluding carboxylic acids is 1. The van der Waals surface area contributed by atoms with Gasteiger partial charge in [0, 0.05) is 34.8 Å². The number of hydrogen-bond acceptors (Lipinski definition) is 4. The van der Waals surface area contributed by atoms with Crippen molar-refractivity contribution < 1.29 is 27.1 Å². The second-order valence-corrected chi connectivity index (χ2v) is 9.76. The van der Waals surface area contributed by atoms with Gasteiger partial charge in [-0.25, -0.2) is 9.37 Å². The summed E-state index contributed by atoms with van der Waals surface area (Å²) in [5.74, 6) is -2.33. The lowest BCUT2D eigenvalue weighted by molar-refractivity contribution is -0.137. The maximum atomic E-state index is 15.4. The van der Waals surface area contributed by atoms with Crippen LogP contribution < -0.4 is 10.9 Å². The first kappa shape index (κ1) is 27.8. The summed E-state index contributed by atoms with van der Waals surface area (Å²) in [4.78, 5) is 30.6. The summed E-state index contributed by atoms with van der Waals surface area (Å²) in [7, 11) is 0. The molecule has 1 aliphatic carbocycles. The lowest BCUT2D eigenvalue weighted by Gasteiger charge is -2.28. The van der Waals surface area contributed by atoms with Crippen LogP contribution in [0.3, 0.4) is 0 Å². The molecule has 1 amide bonds. The predicted molar refractivity (Wildman–Crippen MR) is 134 cm³/mol. The van der Waals surface area contributed by atoms with Gasteiger partial charge in [0.05, 0.1) is 23.8 Å². The van der Waals surface area contributed by atoms with E-state index >= 15 is 4.39 Å². The lowest BCUT2D eigenvalue weighted by Crippen LogP contribution is -2.34. The number of carbonyl (C=O) groups is 1. The Kier molecular flexibility index (Phi) is 8.52. The standard InChI is InChI=1S/C27H26ClF4N3O3/c1-15-12-22(36)35-25(34-15)23-21(27(30,31)32)11-6-18(24(23)29)13-33-26(37)17-4-9-20(10-5-17)38-14-16-2-7-19(28)8-3-16/h2-3,6-8,11-12,17,20H,4-5,9-10,13-14H2,1H3,(H,33,37)(H,34,35,36). The highest BCUT2D eigenvalue weighted by molar-refractivity contribution is 6.30. The third-order valence-electron chi connectivity index (χ3n) is 6.53. The number of amides is 1. The van der Waals surface area contributed by atoms with E-state index in [0.29, 0.717) is 37.3 Å². The highest BCUT2D eigenvalue weighted by Gasteiger charge is 2.37. The lowest BCUT2D eigenvalue weighted by atomic mass is 9.86. The zero-order chi connectivity index (χ0) is 27.4. The Morgan fingerprint density at radius 2 is 1.82 bits per heavy atom. The Morgan fingerprint density at radius 3 is 2.45 bits per heavy atom. The van der Waals surface area contributed by atoms with Crippen molar-refractivity contribution in [3.8, 4) is 11.4 Å². The van der Waals surface area contributed by atoms with E-state index in [-0.39, 0.29) is 35.7 Å². The molecule has 202 valence electrons. The minimum absolute atomic E-state index is 0.00799. The first-order chi connectivity index (χ1) is 18.0. The van der Waals surface area contributed by atoms with Crippen LogP contribution in [0.2, 0.25) is 5.02 Å². The Hall–Kier alpha value is -3.24. The van der Waals surface area contributed by atoms with Crippen molar-refractivity contribution in [1.82, 2.24) is 15.3 Å². The molecule has 1 saturated carbocycles. The average molecular weight is 552 g/mol. The highest BCUT2D eigenvalue weighted by Crippen LogP contribution is 2.38. The molecule has 0 unspecified atom stereocenters. The van der Waals surface area contributed by atoms with Gasteiger partial charge in [0.2, 0.25) is 5.91 Å². The number of aromatic amines is 1. The van der Waals surface area contributed by atoms with Crippen LogP contribution in [-0.2, 0) is 28.9 Å². The van der Waals surface area contributed by atoms with Crippen LogP contribution in [0.1, 0.15) is 48.1 Å². The molecule has 0 bridgehead atoms. The number of ether oxygens (including phenoxy) is 1. The van der Waals surface area contributed by atoms with Gasteiger partial charge in [-0.3, -0.25) is 9.59 Å². The van der Waals surface area contributed by atoms with Gasteiger partial charge < -0.3 is 15.0 Å². The fraction of sp³-hybridized carbons (Fsp3) is 0.370. The number of aromatic nitrogens is 2. The minimum Gasteiger partial charge on any atom is -0.374 e. The monoisotopic (exact) mass is 551 g/mol. The van der Waals surface area contributed by atoms with Gasteiger partial charge in [-0.05, 0) is 56.4 Å². The number of halogens is 5. The van der Waals surface area contributed by atoms with Crippen LogP contribution >= 0.6 is 11.6 Å². The molecular formula is C27H26ClF4N3O3. The van der Waals surface area contributed by atoms with Crippen LogP contribution in [0.5, 0.6) is 0 Å². The molecule has 1 heterocycles. The number of benzene rings is 2. The SMILES string of the molecule is Cc1cc(=O)[nH]c(-c2c(C(F)(F)F)ccc(CNC(=O)C3CCC(OCc4ccc(Cl)cc4)CC3)c2F)n1. The molecule has 0 spiro atoms. The summed E-state index contributed by atoms with van der Waals surface area (Å²) < 4.78 is 62.2. The van der Waals surface area contributed by atoms with E-state index in [4.69, 9.17) is 16.3 Å². The van der Waals surface area contributed by atoms with E-state index < -0.39 is 34.5 Å². The Labute approximate surface area is 221 Å². The van der Waals surface area contributed by atoms with E-state index in [1.807, 2.05) is 12.1 Å². The second kappa shape index (κ2) is 11.7. The Balaban J connectivity index is 1.39. The summed E-state index contributed by atoms with van der Waals surface area (Å²) in [6, 6.07) is 10.2. The van der Waals surface area contributed by atoms with E-state index in [9.17, 15) is 22.8 Å². The maximum Gasteiger partial charge on any atom is 0.417 e. The molecule has 11 heteroatoms. The van der Waals surface area contributed by atoms with Gasteiger partial charge in [-0.2, -0.15) is 13.2 Å². The number of H-pyrrole nitrogens is 1. The van der Waals surface area contributed by atoms with Crippen LogP contribution in [0.15, 0.2) is 47.3 Å². The van der Waals surface area contributed by atoms with E-state index in [1.165, 1.54) is 6.92 Å². The Bertz CT molecular complexity index is 1350. The quantitative estimate of drug-likeness (QED) is 0.356. The van der Waals surface area contributed by atoms with Crippen molar-refractivity contribution in [3.05, 3.63) is 86.0 Å². The molecule has 38 heavy (non-hydrogen) atoms. The van der Waals surface area contributed by atoms with Crippen molar-refractivity contribution in [2.45, 2.75) is 58.0 Å². The largest absolute Gasteiger partial charge is 0.417 e. The van der Waals surface area contributed by atoms with Gasteiger partial charge >= 0.3 is 6.18 Å². The molecule has 4 rings (SSSR count). The summed E-state index contributed by atoms with van der Waals surface area (Å²) >= 11 is 5.89. The molecule has 3 aromatic rings. The number of rotatable bonds is 7. The van der Waals surface area contributed by atoms with Crippen molar-refractivity contribution in [2.75, 3.05) is 0 Å². The topological polar surface area (TPSA) is 84.1 Å². The number of nitrogens with zero attached hydrogens (tertiary/aromatic N) is 1. The third kappa shape index (κ3) is 6.79. The van der Waals surface area contributed by atoms with Crippen molar-refractivity contribution in [2.24, 2.45) is 5.92 Å². The number of hydrogen-bond donors (Lipinski definition) is 2. The highest BCUT2D eigenvalue weighted by atomic mass is 35.5. The van der Waals surface area contributed by atoms with Crippen LogP contribution in [0.25, 0.3) is 11.4 Å². The summed E-state index contributed by atoms with van der Waals surface area (Å²) in [5, 5.41) is 3.29. The average Bonchev–Trinajstić information content (AvgIpc) is 2.86. The molecule has 0 radical (unpaired) electrons. The van der Waals surface area contributed by atoms with Gasteiger partial charge in [0.1, 0.15) is 11.6 Å². The predicted octanol–water partition coefficient (Wildman–Crippen LogP) is 5.95. The second-order valence-electron chi connectivity index (χ2n) is 9.32. The number of nitrogens with one attached hydrogen (secondary N) is 2. The molecule has 0 saturated heterocycles. The molecule has 1 fully saturated rings. The van der Waals surface area contributed by atoms with Crippen LogP contribution in [0.4, 0.5) is 17.6 Å².